The van der Waals surface area contributed by atoms with Gasteiger partial charge in [0.15, 0.2) is 0 Å². The summed E-state index contributed by atoms with van der Waals surface area (Å²) in [5.41, 5.74) is 0.598. The molecule has 0 aliphatic rings. The molecule has 0 aliphatic heterocycles. The molecular formula is C16H20FN3O2. The zero-order valence-electron chi connectivity index (χ0n) is 12.7. The molecule has 0 spiro atoms. The van der Waals surface area contributed by atoms with Crippen molar-refractivity contribution in [2.45, 2.75) is 26.4 Å². The fraction of sp³-hybridized carbons (Fsp3) is 0.375. The summed E-state index contributed by atoms with van der Waals surface area (Å²) in [5.74, 6) is -0.642. The molecule has 0 saturated carbocycles. The van der Waals surface area contributed by atoms with Crippen LogP contribution in [0.4, 0.5) is 4.39 Å². The Morgan fingerprint density at radius 2 is 2.18 bits per heavy atom. The number of aliphatic hydroxyl groups is 1. The lowest BCUT2D eigenvalue weighted by Crippen LogP contribution is -2.35. The summed E-state index contributed by atoms with van der Waals surface area (Å²) in [5, 5.41) is 16.5. The smallest absolute Gasteiger partial charge is 0.254 e. The van der Waals surface area contributed by atoms with E-state index in [1.54, 1.807) is 18.2 Å². The minimum atomic E-state index is -0.587. The third-order valence-corrected chi connectivity index (χ3v) is 3.72. The lowest BCUT2D eigenvalue weighted by atomic mass is 10.0. The molecule has 1 heterocycles. The molecule has 2 aromatic rings. The van der Waals surface area contributed by atoms with Crippen molar-refractivity contribution in [1.29, 1.82) is 0 Å². The number of nitrogens with zero attached hydrogens (tertiary/aromatic N) is 2. The molecule has 2 N–H and O–H groups in total. The lowest BCUT2D eigenvalue weighted by molar-refractivity contribution is 0.0850. The molecule has 2 rings (SSSR count). The second-order valence-electron chi connectivity index (χ2n) is 5.29. The molecule has 22 heavy (non-hydrogen) atoms. The van der Waals surface area contributed by atoms with Crippen molar-refractivity contribution >= 4 is 5.91 Å². The van der Waals surface area contributed by atoms with Crippen LogP contribution in [-0.2, 0) is 0 Å². The molecule has 0 bridgehead atoms. The molecule has 6 heteroatoms. The van der Waals surface area contributed by atoms with Crippen LogP contribution in [0.2, 0.25) is 0 Å². The summed E-state index contributed by atoms with van der Waals surface area (Å²) < 4.78 is 15.0. The van der Waals surface area contributed by atoms with Crippen molar-refractivity contribution in [3.8, 4) is 5.69 Å². The summed E-state index contributed by atoms with van der Waals surface area (Å²) in [6.45, 7) is 4.08. The van der Waals surface area contributed by atoms with Crippen molar-refractivity contribution in [2.75, 3.05) is 6.54 Å². The average molecular weight is 305 g/mol. The third kappa shape index (κ3) is 3.71. The Labute approximate surface area is 128 Å². The van der Waals surface area contributed by atoms with E-state index < -0.39 is 11.9 Å². The van der Waals surface area contributed by atoms with Gasteiger partial charge in [-0.2, -0.15) is 5.10 Å². The second-order valence-corrected chi connectivity index (χ2v) is 5.29. The number of amides is 1. The summed E-state index contributed by atoms with van der Waals surface area (Å²) >= 11 is 0. The van der Waals surface area contributed by atoms with Crippen molar-refractivity contribution in [3.05, 3.63) is 48.0 Å². The van der Waals surface area contributed by atoms with Gasteiger partial charge in [-0.1, -0.05) is 32.4 Å². The van der Waals surface area contributed by atoms with E-state index in [0.29, 0.717) is 5.56 Å². The molecule has 0 aliphatic carbocycles. The Morgan fingerprint density at radius 1 is 1.45 bits per heavy atom. The van der Waals surface area contributed by atoms with Gasteiger partial charge in [0, 0.05) is 12.7 Å². The highest BCUT2D eigenvalue weighted by Gasteiger charge is 2.15. The summed E-state index contributed by atoms with van der Waals surface area (Å²) in [4.78, 5) is 12.0. The molecule has 5 nitrogen and oxygen atoms in total. The van der Waals surface area contributed by atoms with Gasteiger partial charge in [0.25, 0.3) is 5.91 Å². The van der Waals surface area contributed by atoms with Gasteiger partial charge in [-0.25, -0.2) is 9.07 Å². The van der Waals surface area contributed by atoms with Crippen LogP contribution >= 0.6 is 0 Å². The van der Waals surface area contributed by atoms with Gasteiger partial charge in [0.1, 0.15) is 11.5 Å². The summed E-state index contributed by atoms with van der Waals surface area (Å²) in [6.07, 6.45) is 3.08. The normalized spacial score (nSPS) is 13.6. The van der Waals surface area contributed by atoms with Gasteiger partial charge >= 0.3 is 0 Å². The van der Waals surface area contributed by atoms with Crippen LogP contribution < -0.4 is 5.32 Å². The highest BCUT2D eigenvalue weighted by Crippen LogP contribution is 2.12. The van der Waals surface area contributed by atoms with Crippen molar-refractivity contribution in [2.24, 2.45) is 5.92 Å². The quantitative estimate of drug-likeness (QED) is 0.859. The molecule has 118 valence electrons. The molecule has 1 aromatic carbocycles. The first kappa shape index (κ1) is 16.2. The molecule has 1 amide bonds. The van der Waals surface area contributed by atoms with Crippen LogP contribution in [0.5, 0.6) is 0 Å². The predicted octanol–water partition coefficient (Wildman–Crippen LogP) is 2.15. The van der Waals surface area contributed by atoms with Crippen LogP contribution in [0.1, 0.15) is 30.6 Å². The molecule has 2 atom stereocenters. The molecular weight excluding hydrogens is 285 g/mol. The minimum absolute atomic E-state index is 0.112. The van der Waals surface area contributed by atoms with Gasteiger partial charge in [0.05, 0.1) is 17.9 Å². The maximum Gasteiger partial charge on any atom is 0.254 e. The largest absolute Gasteiger partial charge is 0.391 e. The number of rotatable bonds is 6. The first-order chi connectivity index (χ1) is 10.5. The van der Waals surface area contributed by atoms with E-state index in [9.17, 15) is 14.3 Å². The van der Waals surface area contributed by atoms with Gasteiger partial charge in [-0.15, -0.1) is 0 Å². The maximum atomic E-state index is 13.7. The fourth-order valence-electron chi connectivity index (χ4n) is 1.98. The van der Waals surface area contributed by atoms with Crippen LogP contribution in [0.25, 0.3) is 5.69 Å². The first-order valence-electron chi connectivity index (χ1n) is 7.28. The standard InChI is InChI=1S/C16H20FN3O2/c1-3-11(2)15(21)9-18-16(22)12-8-19-20(10-12)14-7-5-4-6-13(14)17/h4-8,10-11,15,21H,3,9H2,1-2H3,(H,18,22). The van der Waals surface area contributed by atoms with Gasteiger partial charge in [0.2, 0.25) is 0 Å². The minimum Gasteiger partial charge on any atom is -0.391 e. The topological polar surface area (TPSA) is 67.2 Å². The van der Waals surface area contributed by atoms with E-state index in [2.05, 4.69) is 10.4 Å². The molecule has 0 saturated heterocycles. The number of carbonyl (C=O) groups excluding carboxylic acids is 1. The number of hydrogen-bond acceptors (Lipinski definition) is 3. The number of hydrogen-bond donors (Lipinski definition) is 2. The van der Waals surface area contributed by atoms with E-state index in [0.717, 1.165) is 6.42 Å². The van der Waals surface area contributed by atoms with E-state index in [1.807, 2.05) is 13.8 Å². The van der Waals surface area contributed by atoms with Crippen LogP contribution in [0.15, 0.2) is 36.7 Å². The van der Waals surface area contributed by atoms with Gasteiger partial charge in [-0.3, -0.25) is 4.79 Å². The second kappa shape index (κ2) is 7.17. The highest BCUT2D eigenvalue weighted by molar-refractivity contribution is 5.93. The molecule has 0 radical (unpaired) electrons. The Morgan fingerprint density at radius 3 is 2.86 bits per heavy atom. The van der Waals surface area contributed by atoms with Crippen molar-refractivity contribution in [3.63, 3.8) is 0 Å². The van der Waals surface area contributed by atoms with E-state index in [4.69, 9.17) is 0 Å². The number of para-hydroxylation sites is 1. The number of carbonyl (C=O) groups is 1. The van der Waals surface area contributed by atoms with Crippen molar-refractivity contribution < 1.29 is 14.3 Å². The number of halogens is 1. The number of aliphatic hydroxyl groups excluding tert-OH is 1. The Kier molecular flexibility index (Phi) is 5.27. The first-order valence-corrected chi connectivity index (χ1v) is 7.28. The maximum absolute atomic E-state index is 13.7. The van der Waals surface area contributed by atoms with Crippen molar-refractivity contribution in [1.82, 2.24) is 15.1 Å². The van der Waals surface area contributed by atoms with Gasteiger partial charge in [-0.05, 0) is 18.1 Å². The zero-order chi connectivity index (χ0) is 16.1. The molecule has 2 unspecified atom stereocenters. The van der Waals surface area contributed by atoms with E-state index in [-0.39, 0.29) is 24.1 Å². The lowest BCUT2D eigenvalue weighted by Gasteiger charge is -2.17. The third-order valence-electron chi connectivity index (χ3n) is 3.72. The predicted molar refractivity (Wildman–Crippen MR) is 81.3 cm³/mol. The number of benzene rings is 1. The Bertz CT molecular complexity index is 642. The molecule has 0 fully saturated rings. The SMILES string of the molecule is CCC(C)C(O)CNC(=O)c1cnn(-c2ccccc2F)c1. The zero-order valence-corrected chi connectivity index (χ0v) is 12.7. The number of aromatic nitrogens is 2. The average Bonchev–Trinajstić information content (AvgIpc) is 3.01. The highest BCUT2D eigenvalue weighted by atomic mass is 19.1. The van der Waals surface area contributed by atoms with E-state index in [1.165, 1.54) is 23.1 Å². The van der Waals surface area contributed by atoms with E-state index >= 15 is 0 Å². The van der Waals surface area contributed by atoms with Crippen LogP contribution in [0, 0.1) is 11.7 Å². The summed E-state index contributed by atoms with van der Waals surface area (Å²) in [6, 6.07) is 6.20. The van der Waals surface area contributed by atoms with Crippen LogP contribution in [-0.4, -0.2) is 33.4 Å². The fourth-order valence-corrected chi connectivity index (χ4v) is 1.98. The molecule has 1 aromatic heterocycles. The monoisotopic (exact) mass is 305 g/mol. The Hall–Kier alpha value is -2.21. The summed E-state index contributed by atoms with van der Waals surface area (Å²) in [7, 11) is 0. The number of nitrogens with one attached hydrogen (secondary N) is 1. The van der Waals surface area contributed by atoms with Gasteiger partial charge < -0.3 is 10.4 Å². The van der Waals surface area contributed by atoms with Crippen LogP contribution in [0.3, 0.4) is 0 Å². The Balaban J connectivity index is 2.02.